The molecule has 0 radical (unpaired) electrons. The molecule has 130 valence electrons. The van der Waals surface area contributed by atoms with E-state index in [4.69, 9.17) is 0 Å². The first-order chi connectivity index (χ1) is 12.1. The highest BCUT2D eigenvalue weighted by Gasteiger charge is 2.50. The van der Waals surface area contributed by atoms with Gasteiger partial charge in [0.15, 0.2) is 5.72 Å². The number of aliphatic hydroxyl groups is 2. The zero-order valence-corrected chi connectivity index (χ0v) is 14.1. The first-order valence-electron chi connectivity index (χ1n) is 8.55. The van der Waals surface area contributed by atoms with Gasteiger partial charge in [-0.05, 0) is 24.5 Å². The molecule has 2 N–H and O–H groups in total. The molecule has 2 aromatic rings. The van der Waals surface area contributed by atoms with E-state index in [-0.39, 0.29) is 12.5 Å². The van der Waals surface area contributed by atoms with Crippen molar-refractivity contribution in [3.8, 4) is 0 Å². The summed E-state index contributed by atoms with van der Waals surface area (Å²) < 4.78 is 0. The molecule has 2 atom stereocenters. The number of nitrogens with zero attached hydrogens (tertiary/aromatic N) is 1. The highest BCUT2D eigenvalue weighted by molar-refractivity contribution is 6.00. The number of fused-ring (bicyclic) bond motifs is 1. The Labute approximate surface area is 148 Å². The Balaban J connectivity index is 2.06. The summed E-state index contributed by atoms with van der Waals surface area (Å²) in [5.74, 6) is -0.250. The summed E-state index contributed by atoms with van der Waals surface area (Å²) in [6.45, 7) is 3.47. The third-order valence-corrected chi connectivity index (χ3v) is 4.81. The van der Waals surface area contributed by atoms with Crippen LogP contribution in [0.15, 0.2) is 67.3 Å². The van der Waals surface area contributed by atoms with Gasteiger partial charge in [-0.25, -0.2) is 0 Å². The Hall–Kier alpha value is -2.43. The molecular weight excluding hydrogens is 314 g/mol. The molecule has 3 rings (SSSR count). The fourth-order valence-corrected chi connectivity index (χ4v) is 3.60. The Morgan fingerprint density at radius 2 is 1.80 bits per heavy atom. The lowest BCUT2D eigenvalue weighted by Crippen LogP contribution is -2.47. The Kier molecular flexibility index (Phi) is 5.02. The molecule has 0 saturated carbocycles. The van der Waals surface area contributed by atoms with E-state index in [2.05, 4.69) is 6.58 Å². The molecule has 0 bridgehead atoms. The summed E-state index contributed by atoms with van der Waals surface area (Å²) >= 11 is 0. The highest BCUT2D eigenvalue weighted by atomic mass is 16.3. The average molecular weight is 337 g/mol. The number of benzene rings is 2. The summed E-state index contributed by atoms with van der Waals surface area (Å²) in [5, 5.41) is 21.5. The van der Waals surface area contributed by atoms with Crippen LogP contribution in [0.4, 0.5) is 0 Å². The summed E-state index contributed by atoms with van der Waals surface area (Å²) in [6, 6.07) is 15.9. The van der Waals surface area contributed by atoms with Crippen LogP contribution < -0.4 is 0 Å². The van der Waals surface area contributed by atoms with Gasteiger partial charge < -0.3 is 10.2 Å². The van der Waals surface area contributed by atoms with Crippen LogP contribution in [-0.2, 0) is 5.72 Å². The van der Waals surface area contributed by atoms with Crippen molar-refractivity contribution in [1.82, 2.24) is 4.90 Å². The molecule has 1 aliphatic heterocycles. The van der Waals surface area contributed by atoms with E-state index < -0.39 is 11.8 Å². The molecule has 2 aromatic carbocycles. The van der Waals surface area contributed by atoms with Crippen molar-refractivity contribution in [2.75, 3.05) is 6.61 Å². The molecular formula is C21H23NO3. The standard InChI is InChI=1S/C21H23NO3/c1-2-3-9-14-21(25)18-13-8-7-12-17(18)20(24)22(21)19(15-23)16-10-5-4-6-11-16/h2,4-8,10-13,19,23,25H,1,3,9,14-15H2/t19-,21+/m0/s1. The highest BCUT2D eigenvalue weighted by Crippen LogP contribution is 2.45. The van der Waals surface area contributed by atoms with E-state index in [0.29, 0.717) is 24.0 Å². The van der Waals surface area contributed by atoms with Crippen LogP contribution in [0.1, 0.15) is 46.8 Å². The second kappa shape index (κ2) is 7.21. The number of hydrogen-bond donors (Lipinski definition) is 2. The minimum atomic E-state index is -1.43. The minimum absolute atomic E-state index is 0.250. The lowest BCUT2D eigenvalue weighted by Gasteiger charge is -2.39. The van der Waals surface area contributed by atoms with Gasteiger partial charge in [0.2, 0.25) is 0 Å². The second-order valence-corrected chi connectivity index (χ2v) is 6.33. The SMILES string of the molecule is C=CCCC[C@@]1(O)c2ccccc2C(=O)N1[C@@H](CO)c1ccccc1. The number of carbonyl (C=O) groups is 1. The first kappa shape index (κ1) is 17.4. The van der Waals surface area contributed by atoms with Crippen LogP contribution >= 0.6 is 0 Å². The van der Waals surface area contributed by atoms with Gasteiger partial charge in [0, 0.05) is 17.5 Å². The number of amides is 1. The van der Waals surface area contributed by atoms with Crippen molar-refractivity contribution in [3.63, 3.8) is 0 Å². The van der Waals surface area contributed by atoms with Gasteiger partial charge in [-0.1, -0.05) is 54.6 Å². The quantitative estimate of drug-likeness (QED) is 0.601. The summed E-state index contributed by atoms with van der Waals surface area (Å²) in [7, 11) is 0. The third-order valence-electron chi connectivity index (χ3n) is 4.81. The van der Waals surface area contributed by atoms with Gasteiger partial charge in [0.25, 0.3) is 5.91 Å². The van der Waals surface area contributed by atoms with E-state index in [1.807, 2.05) is 36.4 Å². The molecule has 1 heterocycles. The molecule has 0 aliphatic carbocycles. The maximum atomic E-state index is 13.1. The van der Waals surface area contributed by atoms with Crippen molar-refractivity contribution in [3.05, 3.63) is 83.9 Å². The van der Waals surface area contributed by atoms with E-state index in [9.17, 15) is 15.0 Å². The Morgan fingerprint density at radius 3 is 2.48 bits per heavy atom. The molecule has 0 spiro atoms. The fraction of sp³-hybridized carbons (Fsp3) is 0.286. The largest absolute Gasteiger partial charge is 0.394 e. The van der Waals surface area contributed by atoms with Gasteiger partial charge in [-0.2, -0.15) is 0 Å². The number of unbranched alkanes of at least 4 members (excludes halogenated alkanes) is 1. The number of allylic oxidation sites excluding steroid dienone is 1. The Morgan fingerprint density at radius 1 is 1.12 bits per heavy atom. The number of aliphatic hydroxyl groups excluding tert-OH is 1. The van der Waals surface area contributed by atoms with E-state index in [0.717, 1.165) is 12.0 Å². The van der Waals surface area contributed by atoms with Gasteiger partial charge in [-0.3, -0.25) is 9.69 Å². The zero-order chi connectivity index (χ0) is 17.9. The summed E-state index contributed by atoms with van der Waals surface area (Å²) in [5.41, 5.74) is 0.477. The normalized spacial score (nSPS) is 20.4. The van der Waals surface area contributed by atoms with Crippen LogP contribution in [0.5, 0.6) is 0 Å². The van der Waals surface area contributed by atoms with Crippen LogP contribution in [0.25, 0.3) is 0 Å². The topological polar surface area (TPSA) is 60.8 Å². The molecule has 0 saturated heterocycles. The van der Waals surface area contributed by atoms with Crippen molar-refractivity contribution in [2.24, 2.45) is 0 Å². The predicted molar refractivity (Wildman–Crippen MR) is 96.8 cm³/mol. The smallest absolute Gasteiger partial charge is 0.257 e. The molecule has 0 unspecified atom stereocenters. The van der Waals surface area contributed by atoms with Gasteiger partial charge >= 0.3 is 0 Å². The predicted octanol–water partition coefficient (Wildman–Crippen LogP) is 3.38. The van der Waals surface area contributed by atoms with E-state index in [1.54, 1.807) is 24.3 Å². The van der Waals surface area contributed by atoms with E-state index in [1.165, 1.54) is 4.90 Å². The molecule has 0 aromatic heterocycles. The molecule has 0 fully saturated rings. The van der Waals surface area contributed by atoms with Crippen molar-refractivity contribution >= 4 is 5.91 Å². The maximum absolute atomic E-state index is 13.1. The third kappa shape index (κ3) is 2.99. The lowest BCUT2D eigenvalue weighted by atomic mass is 9.94. The van der Waals surface area contributed by atoms with Gasteiger partial charge in [-0.15, -0.1) is 6.58 Å². The molecule has 4 heteroatoms. The minimum Gasteiger partial charge on any atom is -0.394 e. The number of carbonyl (C=O) groups excluding carboxylic acids is 1. The molecule has 25 heavy (non-hydrogen) atoms. The van der Waals surface area contributed by atoms with Crippen molar-refractivity contribution < 1.29 is 15.0 Å². The van der Waals surface area contributed by atoms with Crippen LogP contribution in [0.2, 0.25) is 0 Å². The molecule has 4 nitrogen and oxygen atoms in total. The molecule has 1 aliphatic rings. The van der Waals surface area contributed by atoms with Crippen molar-refractivity contribution in [2.45, 2.75) is 31.0 Å². The van der Waals surface area contributed by atoms with Gasteiger partial charge in [0.1, 0.15) is 0 Å². The summed E-state index contributed by atoms with van der Waals surface area (Å²) in [6.07, 6.45) is 3.65. The van der Waals surface area contributed by atoms with Crippen molar-refractivity contribution in [1.29, 1.82) is 0 Å². The molecule has 1 amide bonds. The zero-order valence-electron chi connectivity index (χ0n) is 14.1. The van der Waals surface area contributed by atoms with Crippen LogP contribution in [-0.4, -0.2) is 27.6 Å². The number of rotatable bonds is 7. The first-order valence-corrected chi connectivity index (χ1v) is 8.55. The lowest BCUT2D eigenvalue weighted by molar-refractivity contribution is -0.117. The van der Waals surface area contributed by atoms with E-state index >= 15 is 0 Å². The van der Waals surface area contributed by atoms with Crippen LogP contribution in [0, 0.1) is 0 Å². The fourth-order valence-electron chi connectivity index (χ4n) is 3.60. The second-order valence-electron chi connectivity index (χ2n) is 6.33. The summed E-state index contributed by atoms with van der Waals surface area (Å²) in [4.78, 5) is 14.5. The van der Waals surface area contributed by atoms with Gasteiger partial charge in [0.05, 0.1) is 12.6 Å². The monoisotopic (exact) mass is 337 g/mol. The average Bonchev–Trinajstić information content (AvgIpc) is 2.86. The number of hydrogen-bond acceptors (Lipinski definition) is 3. The van der Waals surface area contributed by atoms with Crippen LogP contribution in [0.3, 0.4) is 0 Å². The maximum Gasteiger partial charge on any atom is 0.257 e. The Bertz CT molecular complexity index is 759.